The van der Waals surface area contributed by atoms with Crippen molar-refractivity contribution in [3.63, 3.8) is 0 Å². The molecule has 8 nitrogen and oxygen atoms in total. The summed E-state index contributed by atoms with van der Waals surface area (Å²) >= 11 is 1.58. The smallest absolute Gasteiger partial charge is 0.333 e. The van der Waals surface area contributed by atoms with E-state index in [4.69, 9.17) is 18.9 Å². The first kappa shape index (κ1) is 19.8. The van der Waals surface area contributed by atoms with E-state index in [0.29, 0.717) is 35.9 Å². The van der Waals surface area contributed by atoms with Crippen molar-refractivity contribution < 1.29 is 28.5 Å². The number of carbonyl (C=O) groups is 2. The highest BCUT2D eigenvalue weighted by molar-refractivity contribution is 7.10. The van der Waals surface area contributed by atoms with Crippen molar-refractivity contribution in [1.29, 1.82) is 0 Å². The molecule has 1 aromatic carbocycles. The first-order valence-corrected chi connectivity index (χ1v) is 9.43. The Bertz CT molecular complexity index is 856. The summed E-state index contributed by atoms with van der Waals surface area (Å²) in [5, 5.41) is 4.73. The van der Waals surface area contributed by atoms with Gasteiger partial charge in [-0.2, -0.15) is 0 Å². The molecule has 1 aliphatic heterocycles. The Labute approximate surface area is 166 Å². The van der Waals surface area contributed by atoms with Crippen molar-refractivity contribution in [3.05, 3.63) is 34.0 Å². The van der Waals surface area contributed by atoms with Crippen LogP contribution in [0, 0.1) is 0 Å². The molecule has 2 heterocycles. The summed E-state index contributed by atoms with van der Waals surface area (Å²) in [7, 11) is 5.82. The molecule has 1 aromatic heterocycles. The van der Waals surface area contributed by atoms with Gasteiger partial charge in [-0.25, -0.2) is 9.59 Å². The Kier molecular flexibility index (Phi) is 5.93. The predicted molar refractivity (Wildman–Crippen MR) is 105 cm³/mol. The van der Waals surface area contributed by atoms with Gasteiger partial charge in [-0.15, -0.1) is 11.3 Å². The number of urea groups is 1. The van der Waals surface area contributed by atoms with Gasteiger partial charge in [0.05, 0.1) is 34.1 Å². The predicted octanol–water partition coefficient (Wildman–Crippen LogP) is 3.08. The van der Waals surface area contributed by atoms with E-state index >= 15 is 0 Å². The molecular formula is C19H22N2O6S. The molecule has 1 atom stereocenters. The summed E-state index contributed by atoms with van der Waals surface area (Å²) in [6.07, 6.45) is 0.684. The highest BCUT2D eigenvalue weighted by Gasteiger charge is 2.37. The van der Waals surface area contributed by atoms with E-state index in [0.717, 1.165) is 10.4 Å². The van der Waals surface area contributed by atoms with E-state index in [-0.39, 0.29) is 0 Å². The highest BCUT2D eigenvalue weighted by atomic mass is 32.1. The fourth-order valence-electron chi connectivity index (χ4n) is 3.25. The van der Waals surface area contributed by atoms with E-state index < -0.39 is 18.0 Å². The lowest BCUT2D eigenvalue weighted by Crippen LogP contribution is -2.45. The number of nitrogens with one attached hydrogen (secondary N) is 1. The Balaban J connectivity index is 1.89. The van der Waals surface area contributed by atoms with Crippen LogP contribution in [0.4, 0.5) is 10.5 Å². The summed E-state index contributed by atoms with van der Waals surface area (Å²) in [6.45, 7) is 0.406. The molecule has 9 heteroatoms. The number of esters is 1. The second kappa shape index (κ2) is 8.39. The molecule has 3 rings (SSSR count). The molecule has 0 fully saturated rings. The minimum atomic E-state index is -0.776. The number of amides is 2. The van der Waals surface area contributed by atoms with Crippen molar-refractivity contribution in [1.82, 2.24) is 4.90 Å². The Morgan fingerprint density at radius 3 is 2.36 bits per heavy atom. The van der Waals surface area contributed by atoms with Gasteiger partial charge in [0, 0.05) is 23.6 Å². The zero-order valence-corrected chi connectivity index (χ0v) is 16.9. The topological polar surface area (TPSA) is 86.3 Å². The number of nitrogens with zero attached hydrogens (tertiary/aromatic N) is 1. The third-order valence-electron chi connectivity index (χ3n) is 4.57. The number of methoxy groups -OCH3 is 4. The monoisotopic (exact) mass is 406 g/mol. The Morgan fingerprint density at radius 2 is 1.79 bits per heavy atom. The molecule has 0 saturated heterocycles. The molecule has 28 heavy (non-hydrogen) atoms. The summed E-state index contributed by atoms with van der Waals surface area (Å²) < 4.78 is 20.9. The number of benzene rings is 1. The van der Waals surface area contributed by atoms with E-state index in [2.05, 4.69) is 5.32 Å². The Hall–Kier alpha value is -2.94. The van der Waals surface area contributed by atoms with Crippen LogP contribution in [-0.2, 0) is 16.0 Å². The van der Waals surface area contributed by atoms with Gasteiger partial charge in [-0.1, -0.05) is 0 Å². The minimum Gasteiger partial charge on any atom is -0.493 e. The van der Waals surface area contributed by atoms with Crippen molar-refractivity contribution in [2.75, 3.05) is 40.3 Å². The van der Waals surface area contributed by atoms with Gasteiger partial charge in [0.2, 0.25) is 5.75 Å². The quantitative estimate of drug-likeness (QED) is 0.768. The lowest BCUT2D eigenvalue weighted by molar-refractivity contribution is -0.146. The summed E-state index contributed by atoms with van der Waals surface area (Å²) in [4.78, 5) is 27.9. The second-order valence-corrected chi connectivity index (χ2v) is 7.01. The largest absolute Gasteiger partial charge is 0.493 e. The van der Waals surface area contributed by atoms with Crippen molar-refractivity contribution >= 4 is 29.0 Å². The number of carbonyl (C=O) groups excluding carboxylic acids is 2. The molecule has 0 radical (unpaired) electrons. The first-order valence-electron chi connectivity index (χ1n) is 8.55. The summed E-state index contributed by atoms with van der Waals surface area (Å²) in [5.41, 5.74) is 1.27. The van der Waals surface area contributed by atoms with Crippen LogP contribution >= 0.6 is 11.3 Å². The van der Waals surface area contributed by atoms with Gasteiger partial charge in [-0.3, -0.25) is 0 Å². The van der Waals surface area contributed by atoms with Crippen LogP contribution in [0.3, 0.4) is 0 Å². The molecule has 2 aromatic rings. The van der Waals surface area contributed by atoms with E-state index in [9.17, 15) is 9.59 Å². The number of ether oxygens (including phenoxy) is 4. The molecule has 1 aliphatic rings. The van der Waals surface area contributed by atoms with Gasteiger partial charge in [-0.05, 0) is 23.4 Å². The van der Waals surface area contributed by atoms with Crippen LogP contribution in [0.5, 0.6) is 17.2 Å². The van der Waals surface area contributed by atoms with Crippen molar-refractivity contribution in [2.45, 2.75) is 12.5 Å². The summed E-state index contributed by atoms with van der Waals surface area (Å²) in [6, 6.07) is 3.93. The van der Waals surface area contributed by atoms with Crippen LogP contribution in [0.1, 0.15) is 16.5 Å². The molecule has 2 amide bonds. The first-order chi connectivity index (χ1) is 13.5. The fourth-order valence-corrected chi connectivity index (χ4v) is 4.15. The lowest BCUT2D eigenvalue weighted by Gasteiger charge is -2.34. The molecule has 0 aliphatic carbocycles. The maximum Gasteiger partial charge on any atom is 0.333 e. The number of hydrogen-bond donors (Lipinski definition) is 1. The molecular weight excluding hydrogens is 384 g/mol. The van der Waals surface area contributed by atoms with Crippen molar-refractivity contribution in [2.24, 2.45) is 0 Å². The molecule has 1 N–H and O–H groups in total. The molecule has 0 spiro atoms. The number of thiophene rings is 1. The number of rotatable bonds is 5. The SMILES string of the molecule is COC(=O)C1c2ccsc2CCN1C(=O)Nc1cc(OC)c(OC)c(OC)c1. The van der Waals surface area contributed by atoms with E-state index in [1.54, 1.807) is 23.5 Å². The van der Waals surface area contributed by atoms with Crippen LogP contribution in [-0.4, -0.2) is 51.9 Å². The molecule has 0 saturated carbocycles. The van der Waals surface area contributed by atoms with Gasteiger partial charge < -0.3 is 29.2 Å². The number of hydrogen-bond acceptors (Lipinski definition) is 7. The zero-order valence-electron chi connectivity index (χ0n) is 16.1. The Morgan fingerprint density at radius 1 is 1.11 bits per heavy atom. The van der Waals surface area contributed by atoms with Crippen molar-refractivity contribution in [3.8, 4) is 17.2 Å². The normalized spacial score (nSPS) is 15.4. The average Bonchev–Trinajstić information content (AvgIpc) is 3.20. The molecule has 0 bridgehead atoms. The lowest BCUT2D eigenvalue weighted by atomic mass is 10.0. The van der Waals surface area contributed by atoms with Gasteiger partial charge in [0.1, 0.15) is 0 Å². The van der Waals surface area contributed by atoms with Crippen LogP contribution in [0.2, 0.25) is 0 Å². The third-order valence-corrected chi connectivity index (χ3v) is 5.56. The van der Waals surface area contributed by atoms with E-state index in [1.807, 2.05) is 11.4 Å². The maximum absolute atomic E-state index is 13.0. The zero-order chi connectivity index (χ0) is 20.3. The standard InChI is InChI=1S/C19H22N2O6S/c1-24-13-9-11(10-14(25-2)17(13)26-3)20-19(23)21-7-5-15-12(6-8-28-15)16(21)18(22)27-4/h6,8-10,16H,5,7H2,1-4H3,(H,20,23). The minimum absolute atomic E-state index is 0.406. The van der Waals surface area contributed by atoms with Gasteiger partial charge in [0.25, 0.3) is 0 Å². The maximum atomic E-state index is 13.0. The van der Waals surface area contributed by atoms with Crippen LogP contribution < -0.4 is 19.5 Å². The number of fused-ring (bicyclic) bond motifs is 1. The fraction of sp³-hybridized carbons (Fsp3) is 0.368. The second-order valence-electron chi connectivity index (χ2n) is 6.01. The average molecular weight is 406 g/mol. The van der Waals surface area contributed by atoms with E-state index in [1.165, 1.54) is 33.3 Å². The van der Waals surface area contributed by atoms with Gasteiger partial charge in [0.15, 0.2) is 17.5 Å². The number of anilines is 1. The van der Waals surface area contributed by atoms with Gasteiger partial charge >= 0.3 is 12.0 Å². The van der Waals surface area contributed by atoms with Crippen LogP contribution in [0.15, 0.2) is 23.6 Å². The third kappa shape index (κ3) is 3.57. The summed E-state index contributed by atoms with van der Waals surface area (Å²) in [5.74, 6) is 0.789. The van der Waals surface area contributed by atoms with Crippen LogP contribution in [0.25, 0.3) is 0 Å². The highest BCUT2D eigenvalue weighted by Crippen LogP contribution is 2.40. The molecule has 1 unspecified atom stereocenters. The molecule has 150 valence electrons.